The number of anilines is 1. The van der Waals surface area contributed by atoms with Crippen molar-refractivity contribution in [1.29, 1.82) is 5.26 Å². The van der Waals surface area contributed by atoms with Gasteiger partial charge in [-0.3, -0.25) is 4.79 Å². The first-order chi connectivity index (χ1) is 16.1. The second kappa shape index (κ2) is 12.2. The fourth-order valence-electron chi connectivity index (χ4n) is 3.49. The normalized spacial score (nSPS) is 19.9. The highest BCUT2D eigenvalue weighted by molar-refractivity contribution is 6.32. The van der Waals surface area contributed by atoms with Crippen molar-refractivity contribution in [3.8, 4) is 6.07 Å². The van der Waals surface area contributed by atoms with Crippen LogP contribution in [0.1, 0.15) is 26.2 Å². The summed E-state index contributed by atoms with van der Waals surface area (Å²) >= 11 is 0. The molecule has 10 heteroatoms. The van der Waals surface area contributed by atoms with E-state index in [1.807, 2.05) is 6.07 Å². The molecule has 1 saturated heterocycles. The van der Waals surface area contributed by atoms with Gasteiger partial charge in [-0.1, -0.05) is 24.8 Å². The minimum atomic E-state index is -1.80. The zero-order chi connectivity index (χ0) is 25.3. The number of nitrogens with one attached hydrogen (secondary N) is 3. The SMILES string of the molecule is [B]c1c(F)cc(NC(O)/C(C(=O)NCC/C(C#N)=C\C=C/C=C)=C(\O)C2(C)CCCN2)cc1F. The number of aliphatic hydroxyl groups is 2. The van der Waals surface area contributed by atoms with Crippen molar-refractivity contribution in [3.05, 3.63) is 71.6 Å². The van der Waals surface area contributed by atoms with Crippen molar-refractivity contribution in [2.24, 2.45) is 0 Å². The number of carbonyl (C=O) groups is 1. The largest absolute Gasteiger partial charge is 0.510 e. The van der Waals surface area contributed by atoms with Gasteiger partial charge in [0.2, 0.25) is 0 Å². The highest BCUT2D eigenvalue weighted by Crippen LogP contribution is 2.29. The molecule has 1 aromatic carbocycles. The number of carbonyl (C=O) groups excluding carboxylic acids is 1. The number of hydrogen-bond donors (Lipinski definition) is 5. The monoisotopic (exact) mass is 468 g/mol. The zero-order valence-electron chi connectivity index (χ0n) is 18.9. The molecule has 1 aliphatic heterocycles. The maximum absolute atomic E-state index is 13.8. The van der Waals surface area contributed by atoms with E-state index in [0.29, 0.717) is 18.5 Å². The number of halogens is 2. The Morgan fingerprint density at radius 3 is 2.65 bits per heavy atom. The van der Waals surface area contributed by atoms with Crippen molar-refractivity contribution in [2.45, 2.75) is 38.0 Å². The van der Waals surface area contributed by atoms with E-state index in [9.17, 15) is 29.1 Å². The first-order valence-electron chi connectivity index (χ1n) is 10.7. The van der Waals surface area contributed by atoms with Crippen LogP contribution in [0.4, 0.5) is 14.5 Å². The molecule has 0 aliphatic carbocycles. The van der Waals surface area contributed by atoms with Gasteiger partial charge in [-0.05, 0) is 56.4 Å². The number of benzene rings is 1. The van der Waals surface area contributed by atoms with Crippen LogP contribution in [-0.4, -0.2) is 48.8 Å². The fraction of sp³-hybridized carbons (Fsp3) is 0.333. The Labute approximate surface area is 199 Å². The van der Waals surface area contributed by atoms with Gasteiger partial charge in [0, 0.05) is 17.8 Å². The van der Waals surface area contributed by atoms with Gasteiger partial charge in [0.05, 0.1) is 11.6 Å². The van der Waals surface area contributed by atoms with Gasteiger partial charge in [-0.15, -0.1) is 0 Å². The van der Waals surface area contributed by atoms with E-state index in [1.165, 1.54) is 0 Å². The predicted octanol–water partition coefficient (Wildman–Crippen LogP) is 2.14. The first-order valence-corrected chi connectivity index (χ1v) is 10.7. The lowest BCUT2D eigenvalue weighted by molar-refractivity contribution is -0.118. The summed E-state index contributed by atoms with van der Waals surface area (Å²) in [6, 6.07) is 3.75. The Balaban J connectivity index is 2.27. The number of nitriles is 1. The summed E-state index contributed by atoms with van der Waals surface area (Å²) in [5, 5.41) is 39.0. The van der Waals surface area contributed by atoms with Crippen molar-refractivity contribution in [2.75, 3.05) is 18.4 Å². The maximum atomic E-state index is 13.8. The minimum Gasteiger partial charge on any atom is -0.510 e. The van der Waals surface area contributed by atoms with Gasteiger partial charge in [0.15, 0.2) is 6.23 Å². The van der Waals surface area contributed by atoms with Crippen LogP contribution in [-0.2, 0) is 4.79 Å². The number of hydrogen-bond acceptors (Lipinski definition) is 6. The van der Waals surface area contributed by atoms with Crippen LogP contribution in [0, 0.1) is 23.0 Å². The summed E-state index contributed by atoms with van der Waals surface area (Å²) in [6.45, 7) is 5.86. The lowest BCUT2D eigenvalue weighted by atomic mass is 9.92. The molecule has 0 aromatic heterocycles. The average Bonchev–Trinajstić information content (AvgIpc) is 3.24. The summed E-state index contributed by atoms with van der Waals surface area (Å²) in [4.78, 5) is 13.0. The Hall–Kier alpha value is -3.42. The second-order valence-corrected chi connectivity index (χ2v) is 7.96. The van der Waals surface area contributed by atoms with Crippen molar-refractivity contribution >= 4 is 24.9 Å². The van der Waals surface area contributed by atoms with Gasteiger partial charge in [0.25, 0.3) is 5.91 Å². The average molecular weight is 468 g/mol. The summed E-state index contributed by atoms with van der Waals surface area (Å²) in [6.07, 6.45) is 6.05. The maximum Gasteiger partial charge on any atom is 0.255 e. The van der Waals surface area contributed by atoms with E-state index in [4.69, 9.17) is 7.85 Å². The molecule has 2 atom stereocenters. The predicted molar refractivity (Wildman–Crippen MR) is 127 cm³/mol. The van der Waals surface area contributed by atoms with Gasteiger partial charge >= 0.3 is 0 Å². The fourth-order valence-corrected chi connectivity index (χ4v) is 3.49. The Morgan fingerprint density at radius 2 is 2.09 bits per heavy atom. The number of amides is 1. The molecule has 2 radical (unpaired) electrons. The molecule has 1 fully saturated rings. The number of nitrogens with zero attached hydrogens (tertiary/aromatic N) is 1. The minimum absolute atomic E-state index is 0.0406. The molecular formula is C24H27BF2N4O3. The van der Waals surface area contributed by atoms with E-state index in [1.54, 1.807) is 31.2 Å². The first kappa shape index (κ1) is 26.8. The second-order valence-electron chi connectivity index (χ2n) is 7.96. The zero-order valence-corrected chi connectivity index (χ0v) is 18.9. The Kier molecular flexibility index (Phi) is 9.60. The molecule has 0 spiro atoms. The molecule has 0 saturated carbocycles. The Bertz CT molecular complexity index is 1030. The third-order valence-electron chi connectivity index (χ3n) is 5.42. The number of allylic oxidation sites excluding steroid dienone is 4. The standard InChI is InChI=1S/C24H27BF2N4O3/c1-3-4-5-7-15(14-28)8-11-29-22(33)19(21(32)24(2)9-6-10-30-24)23(34)31-16-12-17(26)20(25)18(27)13-16/h3-5,7,12-13,23,30-32,34H,1,6,8-11H2,2H3,(H,29,33)/b5-4-,15-7+,21-19-. The van der Waals surface area contributed by atoms with Crippen molar-refractivity contribution < 1.29 is 23.8 Å². The van der Waals surface area contributed by atoms with Crippen LogP contribution in [0.15, 0.2) is 59.9 Å². The van der Waals surface area contributed by atoms with E-state index in [0.717, 1.165) is 18.6 Å². The van der Waals surface area contributed by atoms with E-state index >= 15 is 0 Å². The van der Waals surface area contributed by atoms with Crippen LogP contribution in [0.2, 0.25) is 0 Å². The third-order valence-corrected chi connectivity index (χ3v) is 5.42. The molecule has 5 N–H and O–H groups in total. The molecule has 7 nitrogen and oxygen atoms in total. The molecule has 34 heavy (non-hydrogen) atoms. The lowest BCUT2D eigenvalue weighted by Crippen LogP contribution is -2.44. The molecular weight excluding hydrogens is 441 g/mol. The molecule has 178 valence electrons. The van der Waals surface area contributed by atoms with Crippen LogP contribution < -0.4 is 21.4 Å². The van der Waals surface area contributed by atoms with Gasteiger partial charge in [-0.2, -0.15) is 5.26 Å². The summed E-state index contributed by atoms with van der Waals surface area (Å²) in [7, 11) is 5.27. The number of aliphatic hydroxyl groups excluding tert-OH is 2. The van der Waals surface area contributed by atoms with Crippen LogP contribution >= 0.6 is 0 Å². The Morgan fingerprint density at radius 1 is 1.41 bits per heavy atom. The van der Waals surface area contributed by atoms with Crippen LogP contribution in [0.5, 0.6) is 0 Å². The topological polar surface area (TPSA) is 117 Å². The summed E-state index contributed by atoms with van der Waals surface area (Å²) < 4.78 is 27.6. The van der Waals surface area contributed by atoms with Crippen LogP contribution in [0.3, 0.4) is 0 Å². The van der Waals surface area contributed by atoms with Crippen molar-refractivity contribution in [3.63, 3.8) is 0 Å². The molecule has 1 amide bonds. The third kappa shape index (κ3) is 6.79. The highest BCUT2D eigenvalue weighted by Gasteiger charge is 2.38. The highest BCUT2D eigenvalue weighted by atomic mass is 19.1. The molecule has 2 unspecified atom stereocenters. The molecule has 0 bridgehead atoms. The molecule has 2 rings (SSSR count). The number of rotatable bonds is 10. The van der Waals surface area contributed by atoms with E-state index in [-0.39, 0.29) is 18.7 Å². The molecule has 1 aliphatic rings. The van der Waals surface area contributed by atoms with E-state index < -0.39 is 46.1 Å². The van der Waals surface area contributed by atoms with Crippen molar-refractivity contribution in [1.82, 2.24) is 10.6 Å². The molecule has 1 heterocycles. The van der Waals surface area contributed by atoms with E-state index in [2.05, 4.69) is 22.5 Å². The van der Waals surface area contributed by atoms with Gasteiger partial charge < -0.3 is 26.2 Å². The van der Waals surface area contributed by atoms with Crippen LogP contribution in [0.25, 0.3) is 0 Å². The summed E-state index contributed by atoms with van der Waals surface area (Å²) in [5.74, 6) is -3.29. The molecule has 1 aromatic rings. The quantitative estimate of drug-likeness (QED) is 0.0898. The van der Waals surface area contributed by atoms with Gasteiger partial charge in [-0.25, -0.2) is 8.78 Å². The smallest absolute Gasteiger partial charge is 0.255 e. The summed E-state index contributed by atoms with van der Waals surface area (Å²) in [5.41, 5.74) is -1.85. The van der Waals surface area contributed by atoms with Gasteiger partial charge in [0.1, 0.15) is 30.8 Å². The lowest BCUT2D eigenvalue weighted by Gasteiger charge is -2.28.